The van der Waals surface area contributed by atoms with Crippen LogP contribution in [0.5, 0.6) is 6.01 Å². The molecule has 23 heavy (non-hydrogen) atoms. The first-order chi connectivity index (χ1) is 11.1. The van der Waals surface area contributed by atoms with Gasteiger partial charge in [-0.25, -0.2) is 10.5 Å². The van der Waals surface area contributed by atoms with Gasteiger partial charge in [-0.3, -0.25) is 9.40 Å². The normalized spacial score (nSPS) is 27.5. The van der Waals surface area contributed by atoms with E-state index < -0.39 is 31.1 Å². The van der Waals surface area contributed by atoms with Gasteiger partial charge in [0.25, 0.3) is 0 Å². The highest BCUT2D eigenvalue weighted by Crippen LogP contribution is 2.32. The lowest BCUT2D eigenvalue weighted by molar-refractivity contribution is -0.0511. The summed E-state index contributed by atoms with van der Waals surface area (Å²) >= 11 is 0. The van der Waals surface area contributed by atoms with Gasteiger partial charge in [0.2, 0.25) is 0 Å². The first-order valence-electron chi connectivity index (χ1n) is 6.80. The predicted molar refractivity (Wildman–Crippen MR) is 75.5 cm³/mol. The summed E-state index contributed by atoms with van der Waals surface area (Å²) in [5, 5.41) is 29.2. The number of nitrogens with one attached hydrogen (secondary N) is 1. The molecule has 11 heteroatoms. The quantitative estimate of drug-likeness (QED) is 0.475. The summed E-state index contributed by atoms with van der Waals surface area (Å²) in [5.74, 6) is 0.278. The van der Waals surface area contributed by atoms with Crippen LogP contribution >= 0.6 is 0 Å². The second-order valence-electron chi connectivity index (χ2n) is 4.92. The number of aromatic nitrogens is 4. The maximum atomic E-state index is 10.1. The third-order valence-electron chi connectivity index (χ3n) is 3.57. The minimum absolute atomic E-state index is 0.0607. The smallest absolute Gasteiger partial charge is 0.320 e. The second kappa shape index (κ2) is 6.22. The first-order valence-corrected chi connectivity index (χ1v) is 6.80. The number of aliphatic hydroxyl groups is 3. The van der Waals surface area contributed by atoms with Crippen LogP contribution in [0.2, 0.25) is 0 Å². The molecule has 11 nitrogen and oxygen atoms in total. The molecule has 3 heterocycles. The van der Waals surface area contributed by atoms with Crippen molar-refractivity contribution in [2.24, 2.45) is 0 Å². The van der Waals surface area contributed by atoms with E-state index in [1.807, 2.05) is 0 Å². The van der Waals surface area contributed by atoms with Crippen LogP contribution < -0.4 is 10.2 Å². The van der Waals surface area contributed by atoms with E-state index in [2.05, 4.69) is 20.4 Å². The number of aliphatic hydroxyl groups excluding tert-OH is 3. The lowest BCUT2D eigenvalue weighted by Gasteiger charge is -2.16. The Bertz CT molecular complexity index is 694. The number of imidazole rings is 1. The summed E-state index contributed by atoms with van der Waals surface area (Å²) in [4.78, 5) is 17.3. The van der Waals surface area contributed by atoms with Crippen molar-refractivity contribution in [3.63, 3.8) is 0 Å². The van der Waals surface area contributed by atoms with Crippen LogP contribution in [0.3, 0.4) is 0 Å². The monoisotopic (exact) mass is 327 g/mol. The van der Waals surface area contributed by atoms with E-state index in [-0.39, 0.29) is 11.8 Å². The number of anilines is 1. The zero-order valence-corrected chi connectivity index (χ0v) is 12.4. The van der Waals surface area contributed by atoms with Gasteiger partial charge in [-0.2, -0.15) is 9.97 Å². The molecular weight excluding hydrogens is 310 g/mol. The maximum absolute atomic E-state index is 10.1. The zero-order valence-electron chi connectivity index (χ0n) is 12.4. The maximum Gasteiger partial charge on any atom is 0.320 e. The number of fused-ring (bicyclic) bond motifs is 1. The topological polar surface area (TPSA) is 144 Å². The van der Waals surface area contributed by atoms with Gasteiger partial charge in [-0.1, -0.05) is 0 Å². The minimum atomic E-state index is -1.25. The van der Waals surface area contributed by atoms with Crippen molar-refractivity contribution in [1.29, 1.82) is 0 Å². The molecule has 2 aromatic heterocycles. The fraction of sp³-hybridized carbons (Fsp3) is 0.583. The predicted octanol–water partition coefficient (Wildman–Crippen LogP) is -1.58. The van der Waals surface area contributed by atoms with Crippen molar-refractivity contribution >= 4 is 17.0 Å². The van der Waals surface area contributed by atoms with Crippen LogP contribution in [0.1, 0.15) is 6.23 Å². The molecule has 2 aromatic rings. The summed E-state index contributed by atoms with van der Waals surface area (Å²) in [6, 6.07) is 0.0607. The highest BCUT2D eigenvalue weighted by atomic mass is 16.6. The van der Waals surface area contributed by atoms with Crippen LogP contribution in [0.15, 0.2) is 6.33 Å². The molecule has 4 N–H and O–H groups in total. The van der Waals surface area contributed by atoms with Gasteiger partial charge in [-0.15, -0.1) is 0 Å². The van der Waals surface area contributed by atoms with Crippen molar-refractivity contribution < 1.29 is 29.6 Å². The van der Waals surface area contributed by atoms with Gasteiger partial charge in [0.05, 0.1) is 27.2 Å². The van der Waals surface area contributed by atoms with Crippen molar-refractivity contribution in [3.05, 3.63) is 6.33 Å². The van der Waals surface area contributed by atoms with E-state index in [0.717, 1.165) is 0 Å². The van der Waals surface area contributed by atoms with Crippen molar-refractivity contribution in [2.45, 2.75) is 24.5 Å². The third-order valence-corrected chi connectivity index (χ3v) is 3.57. The van der Waals surface area contributed by atoms with E-state index in [4.69, 9.17) is 14.3 Å². The summed E-state index contributed by atoms with van der Waals surface area (Å²) in [6.45, 7) is -0.420. The van der Waals surface area contributed by atoms with Crippen LogP contribution in [0.4, 0.5) is 5.82 Å². The van der Waals surface area contributed by atoms with Crippen molar-refractivity contribution in [2.75, 3.05) is 26.3 Å². The molecule has 0 amide bonds. The Morgan fingerprint density at radius 1 is 1.30 bits per heavy atom. The molecular formula is C12H17N5O6. The van der Waals surface area contributed by atoms with Gasteiger partial charge in [-0.05, 0) is 0 Å². The largest absolute Gasteiger partial charge is 0.467 e. The molecule has 3 rings (SSSR count). The number of rotatable bonds is 5. The van der Waals surface area contributed by atoms with Crippen LogP contribution in [-0.2, 0) is 9.57 Å². The van der Waals surface area contributed by atoms with E-state index >= 15 is 0 Å². The zero-order chi connectivity index (χ0) is 16.6. The molecule has 0 aliphatic carbocycles. The number of hydrogen-bond acceptors (Lipinski definition) is 10. The molecule has 0 aromatic carbocycles. The van der Waals surface area contributed by atoms with Crippen LogP contribution in [0, 0.1) is 0 Å². The summed E-state index contributed by atoms with van der Waals surface area (Å²) in [6.07, 6.45) is -2.93. The molecule has 1 saturated heterocycles. The number of methoxy groups -OCH3 is 1. The number of ether oxygens (including phenoxy) is 2. The van der Waals surface area contributed by atoms with Gasteiger partial charge >= 0.3 is 6.01 Å². The molecule has 1 aliphatic heterocycles. The third kappa shape index (κ3) is 2.58. The SMILES string of the molecule is CONc1nc(OC)nc2c1ncn2C1OC(CO)C(O)C1O. The van der Waals surface area contributed by atoms with Crippen LogP contribution in [-0.4, -0.2) is 74.0 Å². The van der Waals surface area contributed by atoms with Gasteiger partial charge in [0, 0.05) is 0 Å². The Kier molecular flexibility index (Phi) is 4.28. The molecule has 4 unspecified atom stereocenters. The van der Waals surface area contributed by atoms with Crippen LogP contribution in [0.25, 0.3) is 11.2 Å². The molecule has 0 saturated carbocycles. The average molecular weight is 327 g/mol. The minimum Gasteiger partial charge on any atom is -0.467 e. The summed E-state index contributed by atoms with van der Waals surface area (Å²) in [7, 11) is 2.83. The standard InChI is InChI=1S/C12H17N5O6/c1-21-12-14-9(16-22-2)6-10(15-12)17(4-13-6)11-8(20)7(19)5(3-18)23-11/h4-5,7-8,11,18-20H,3H2,1-2H3,(H,14,15,16). The molecule has 0 bridgehead atoms. The van der Waals surface area contributed by atoms with Gasteiger partial charge in [0.15, 0.2) is 23.2 Å². The number of nitrogens with zero attached hydrogens (tertiary/aromatic N) is 4. The Morgan fingerprint density at radius 3 is 2.70 bits per heavy atom. The highest BCUT2D eigenvalue weighted by molar-refractivity contribution is 5.83. The Balaban J connectivity index is 2.07. The molecule has 4 atom stereocenters. The lowest BCUT2D eigenvalue weighted by atomic mass is 10.1. The molecule has 1 aliphatic rings. The fourth-order valence-corrected chi connectivity index (χ4v) is 2.45. The van der Waals surface area contributed by atoms with Gasteiger partial charge in [0.1, 0.15) is 18.3 Å². The van der Waals surface area contributed by atoms with E-state index in [1.165, 1.54) is 25.1 Å². The molecule has 0 spiro atoms. The first kappa shape index (κ1) is 15.8. The Labute approximate surface area is 130 Å². The molecule has 126 valence electrons. The molecule has 1 fully saturated rings. The van der Waals surface area contributed by atoms with Crippen molar-refractivity contribution in [1.82, 2.24) is 19.5 Å². The average Bonchev–Trinajstić information content (AvgIpc) is 3.10. The molecule has 0 radical (unpaired) electrons. The van der Waals surface area contributed by atoms with E-state index in [9.17, 15) is 15.3 Å². The number of hydrogen-bond donors (Lipinski definition) is 4. The fourth-order valence-electron chi connectivity index (χ4n) is 2.45. The highest BCUT2D eigenvalue weighted by Gasteiger charge is 2.44. The lowest BCUT2D eigenvalue weighted by Crippen LogP contribution is -2.33. The Hall–Kier alpha value is -2.05. The summed E-state index contributed by atoms with van der Waals surface area (Å²) < 4.78 is 12.0. The van der Waals surface area contributed by atoms with Gasteiger partial charge < -0.3 is 24.8 Å². The van der Waals surface area contributed by atoms with E-state index in [1.54, 1.807) is 0 Å². The van der Waals surface area contributed by atoms with E-state index in [0.29, 0.717) is 11.2 Å². The summed E-state index contributed by atoms with van der Waals surface area (Å²) in [5.41, 5.74) is 3.25. The second-order valence-corrected chi connectivity index (χ2v) is 4.92. The Morgan fingerprint density at radius 2 is 2.09 bits per heavy atom. The van der Waals surface area contributed by atoms with Crippen molar-refractivity contribution in [3.8, 4) is 6.01 Å².